The van der Waals surface area contributed by atoms with Gasteiger partial charge in [0.25, 0.3) is 0 Å². The van der Waals surface area contributed by atoms with Crippen molar-refractivity contribution in [2.75, 3.05) is 19.6 Å². The van der Waals surface area contributed by atoms with Gasteiger partial charge in [0, 0.05) is 13.1 Å². The van der Waals surface area contributed by atoms with Gasteiger partial charge in [0.15, 0.2) is 0 Å². The monoisotopic (exact) mass is 310 g/mol. The van der Waals surface area contributed by atoms with Crippen LogP contribution in [-0.4, -0.2) is 59.2 Å². The second-order valence-electron chi connectivity index (χ2n) is 4.54. The fourth-order valence-electron chi connectivity index (χ4n) is 1.71. The molecule has 0 saturated carbocycles. The van der Waals surface area contributed by atoms with Crippen molar-refractivity contribution in [2.24, 2.45) is 0 Å². The van der Waals surface area contributed by atoms with E-state index in [0.29, 0.717) is 16.3 Å². The zero-order valence-corrected chi connectivity index (χ0v) is 12.3. The summed E-state index contributed by atoms with van der Waals surface area (Å²) in [6, 6.07) is -1.62. The Morgan fingerprint density at radius 2 is 1.82 bits per heavy atom. The molecule has 0 bridgehead atoms. The number of imide groups is 3. The zero-order valence-electron chi connectivity index (χ0n) is 12.3. The van der Waals surface area contributed by atoms with E-state index in [0.717, 1.165) is 12.8 Å². The summed E-state index contributed by atoms with van der Waals surface area (Å²) < 4.78 is 0. The van der Waals surface area contributed by atoms with Gasteiger partial charge in [-0.1, -0.05) is 19.4 Å². The van der Waals surface area contributed by atoms with Gasteiger partial charge >= 0.3 is 23.9 Å². The van der Waals surface area contributed by atoms with Gasteiger partial charge in [-0.25, -0.2) is 14.5 Å². The number of hydrogen-bond acceptors (Lipinski definition) is 5. The Morgan fingerprint density at radius 1 is 1.18 bits per heavy atom. The molecule has 1 fully saturated rings. The Hall–Kier alpha value is -2.71. The first-order valence-electron chi connectivity index (χ1n) is 6.78. The van der Waals surface area contributed by atoms with Crippen LogP contribution < -0.4 is 10.6 Å². The molecule has 0 atom stereocenters. The molecule has 0 aromatic carbocycles. The topological polar surface area (TPSA) is 116 Å². The maximum atomic E-state index is 11.8. The van der Waals surface area contributed by atoms with Crippen LogP contribution in [-0.2, 0) is 14.4 Å². The highest BCUT2D eigenvalue weighted by atomic mass is 16.2. The van der Waals surface area contributed by atoms with Crippen LogP contribution in [0.3, 0.4) is 0 Å². The van der Waals surface area contributed by atoms with Gasteiger partial charge in [0.05, 0.1) is 0 Å². The van der Waals surface area contributed by atoms with Gasteiger partial charge in [-0.05, 0) is 6.42 Å². The van der Waals surface area contributed by atoms with E-state index >= 15 is 0 Å². The van der Waals surface area contributed by atoms with Gasteiger partial charge in [-0.2, -0.15) is 0 Å². The minimum absolute atomic E-state index is 0.126. The van der Waals surface area contributed by atoms with Crippen LogP contribution in [0.25, 0.3) is 0 Å². The van der Waals surface area contributed by atoms with E-state index in [1.54, 1.807) is 0 Å². The third-order valence-electron chi connectivity index (χ3n) is 2.82. The van der Waals surface area contributed by atoms with Crippen LogP contribution >= 0.6 is 0 Å². The number of unbranched alkanes of at least 4 members (excludes halogenated alkanes) is 1. The Bertz CT molecular complexity index is 517. The maximum Gasteiger partial charge on any atom is 0.335 e. The second-order valence-corrected chi connectivity index (χ2v) is 4.54. The summed E-state index contributed by atoms with van der Waals surface area (Å²) >= 11 is 0. The van der Waals surface area contributed by atoms with Gasteiger partial charge < -0.3 is 5.32 Å². The number of nitrogens with zero attached hydrogens (tertiary/aromatic N) is 2. The Kier molecular flexibility index (Phi) is 6.24. The van der Waals surface area contributed by atoms with Gasteiger partial charge in [0.2, 0.25) is 5.91 Å². The molecule has 0 radical (unpaired) electrons. The molecule has 2 N–H and O–H groups in total. The number of carbonyl (C=O) groups is 5. The normalized spacial score (nSPS) is 14.3. The summed E-state index contributed by atoms with van der Waals surface area (Å²) in [4.78, 5) is 59.2. The van der Waals surface area contributed by atoms with Crippen molar-refractivity contribution in [3.63, 3.8) is 0 Å². The molecule has 1 rings (SSSR count). The predicted octanol–water partition coefficient (Wildman–Crippen LogP) is -0.411. The third kappa shape index (κ3) is 4.14. The van der Waals surface area contributed by atoms with Crippen molar-refractivity contribution in [1.29, 1.82) is 0 Å². The molecular weight excluding hydrogens is 292 g/mol. The van der Waals surface area contributed by atoms with Gasteiger partial charge in [-0.15, -0.1) is 6.58 Å². The van der Waals surface area contributed by atoms with Crippen LogP contribution in [0.15, 0.2) is 12.7 Å². The highest BCUT2D eigenvalue weighted by Gasteiger charge is 2.44. The van der Waals surface area contributed by atoms with Crippen LogP contribution in [0.4, 0.5) is 9.59 Å². The first kappa shape index (κ1) is 17.3. The molecule has 1 saturated heterocycles. The highest BCUT2D eigenvalue weighted by molar-refractivity contribution is 6.45. The van der Waals surface area contributed by atoms with E-state index in [-0.39, 0.29) is 6.54 Å². The lowest BCUT2D eigenvalue weighted by Crippen LogP contribution is -2.46. The molecule has 120 valence electrons. The number of urea groups is 2. The van der Waals surface area contributed by atoms with Crippen LogP contribution in [0, 0.1) is 0 Å². The van der Waals surface area contributed by atoms with Crippen molar-refractivity contribution in [2.45, 2.75) is 19.8 Å². The van der Waals surface area contributed by atoms with E-state index in [1.165, 1.54) is 6.08 Å². The molecule has 9 nitrogen and oxygen atoms in total. The fraction of sp³-hybridized carbons (Fsp3) is 0.462. The van der Waals surface area contributed by atoms with Gasteiger partial charge in [-0.3, -0.25) is 24.6 Å². The summed E-state index contributed by atoms with van der Waals surface area (Å²) in [7, 11) is 0. The minimum Gasteiger partial charge on any atom is -0.338 e. The zero-order chi connectivity index (χ0) is 16.7. The van der Waals surface area contributed by atoms with Crippen LogP contribution in [0.5, 0.6) is 0 Å². The number of rotatable bonds is 7. The SMILES string of the molecule is C=CCN1C(=O)C(=O)N(CC(=O)NC(=O)NCCCC)C1=O. The average Bonchev–Trinajstić information content (AvgIpc) is 2.65. The van der Waals surface area contributed by atoms with Crippen LogP contribution in [0.1, 0.15) is 19.8 Å². The predicted molar refractivity (Wildman–Crippen MR) is 75.5 cm³/mol. The van der Waals surface area contributed by atoms with Crippen molar-refractivity contribution in [3.8, 4) is 0 Å². The van der Waals surface area contributed by atoms with E-state index in [2.05, 4.69) is 11.9 Å². The number of carbonyl (C=O) groups excluding carboxylic acids is 5. The Labute approximate surface area is 127 Å². The van der Waals surface area contributed by atoms with Crippen molar-refractivity contribution in [3.05, 3.63) is 12.7 Å². The fourth-order valence-corrected chi connectivity index (χ4v) is 1.71. The first-order valence-corrected chi connectivity index (χ1v) is 6.78. The van der Waals surface area contributed by atoms with E-state index in [4.69, 9.17) is 0 Å². The van der Waals surface area contributed by atoms with Crippen molar-refractivity contribution in [1.82, 2.24) is 20.4 Å². The minimum atomic E-state index is -1.10. The standard InChI is InChI=1S/C13H18N4O5/c1-3-5-6-14-12(21)15-9(18)8-17-11(20)10(19)16(7-4-2)13(17)22/h4H,2-3,5-8H2,1H3,(H2,14,15,18,21). The summed E-state index contributed by atoms with van der Waals surface area (Å²) in [5.41, 5.74) is 0. The molecular formula is C13H18N4O5. The summed E-state index contributed by atoms with van der Waals surface area (Å²) in [6.07, 6.45) is 2.93. The largest absolute Gasteiger partial charge is 0.338 e. The molecule has 9 heteroatoms. The van der Waals surface area contributed by atoms with Crippen LogP contribution in [0.2, 0.25) is 0 Å². The number of amides is 7. The first-order chi connectivity index (χ1) is 10.4. The van der Waals surface area contributed by atoms with E-state index < -0.39 is 36.3 Å². The molecule has 1 heterocycles. The average molecular weight is 310 g/mol. The quantitative estimate of drug-likeness (QED) is 0.287. The maximum absolute atomic E-state index is 11.8. The van der Waals surface area contributed by atoms with Crippen molar-refractivity contribution >= 4 is 29.8 Å². The molecule has 7 amide bonds. The lowest BCUT2D eigenvalue weighted by molar-refractivity contribution is -0.143. The van der Waals surface area contributed by atoms with Gasteiger partial charge in [0.1, 0.15) is 6.54 Å². The summed E-state index contributed by atoms with van der Waals surface area (Å²) in [6.45, 7) is 4.90. The van der Waals surface area contributed by atoms with E-state index in [9.17, 15) is 24.0 Å². The highest BCUT2D eigenvalue weighted by Crippen LogP contribution is 2.11. The molecule has 0 aromatic heterocycles. The molecule has 1 aliphatic heterocycles. The lowest BCUT2D eigenvalue weighted by Gasteiger charge is -2.13. The molecule has 1 aliphatic rings. The molecule has 0 aromatic rings. The third-order valence-corrected chi connectivity index (χ3v) is 2.82. The lowest BCUT2D eigenvalue weighted by atomic mass is 10.3. The smallest absolute Gasteiger partial charge is 0.335 e. The molecule has 0 spiro atoms. The van der Waals surface area contributed by atoms with Crippen molar-refractivity contribution < 1.29 is 24.0 Å². The van der Waals surface area contributed by atoms with E-state index in [1.807, 2.05) is 12.2 Å². The number of nitrogens with one attached hydrogen (secondary N) is 2. The molecule has 0 unspecified atom stereocenters. The Balaban J connectivity index is 2.55. The molecule has 22 heavy (non-hydrogen) atoms. The summed E-state index contributed by atoms with van der Waals surface area (Å²) in [5.74, 6) is -2.98. The Morgan fingerprint density at radius 3 is 2.41 bits per heavy atom. The molecule has 0 aliphatic carbocycles. The summed E-state index contributed by atoms with van der Waals surface area (Å²) in [5, 5.41) is 4.43. The number of hydrogen-bond donors (Lipinski definition) is 2. The second kappa shape index (κ2) is 7.91.